The molecule has 2 atom stereocenters. The summed E-state index contributed by atoms with van der Waals surface area (Å²) in [6.07, 6.45) is 4.17. The number of methoxy groups -OCH3 is 1. The summed E-state index contributed by atoms with van der Waals surface area (Å²) in [5.41, 5.74) is 6.80. The van der Waals surface area contributed by atoms with Crippen molar-refractivity contribution in [1.82, 2.24) is 10.3 Å². The van der Waals surface area contributed by atoms with Gasteiger partial charge in [0.25, 0.3) is 0 Å². The minimum Gasteiger partial charge on any atom is -0.495 e. The van der Waals surface area contributed by atoms with Gasteiger partial charge in [-0.1, -0.05) is 30.3 Å². The Labute approximate surface area is 207 Å². The molecule has 5 rings (SSSR count). The molecule has 2 aliphatic heterocycles. The number of rotatable bonds is 4. The number of pyridine rings is 1. The third-order valence-corrected chi connectivity index (χ3v) is 7.34. The van der Waals surface area contributed by atoms with Crippen LogP contribution in [-0.4, -0.2) is 29.8 Å². The summed E-state index contributed by atoms with van der Waals surface area (Å²) < 4.78 is 5.72. The molecule has 1 fully saturated rings. The number of benzene rings is 2. The second-order valence-corrected chi connectivity index (χ2v) is 9.87. The van der Waals surface area contributed by atoms with E-state index in [9.17, 15) is 0 Å². The van der Waals surface area contributed by atoms with E-state index in [1.807, 2.05) is 36.5 Å². The van der Waals surface area contributed by atoms with Crippen molar-refractivity contribution in [3.05, 3.63) is 89.8 Å². The van der Waals surface area contributed by atoms with Gasteiger partial charge in [-0.3, -0.25) is 4.98 Å². The van der Waals surface area contributed by atoms with E-state index in [1.54, 1.807) is 7.11 Å². The van der Waals surface area contributed by atoms with Crippen molar-refractivity contribution in [1.29, 1.82) is 0 Å². The van der Waals surface area contributed by atoms with Gasteiger partial charge in [0.15, 0.2) is 5.11 Å². The smallest absolute Gasteiger partial charge is 0.174 e. The zero-order valence-electron chi connectivity index (χ0n) is 20.2. The van der Waals surface area contributed by atoms with E-state index in [2.05, 4.69) is 84.3 Å². The molecule has 6 heteroatoms. The zero-order valence-corrected chi connectivity index (χ0v) is 21.1. The molecule has 0 unspecified atom stereocenters. The summed E-state index contributed by atoms with van der Waals surface area (Å²) >= 11 is 5.89. The molecule has 174 valence electrons. The van der Waals surface area contributed by atoms with Crippen molar-refractivity contribution in [3.63, 3.8) is 0 Å². The highest BCUT2D eigenvalue weighted by molar-refractivity contribution is 7.80. The number of likely N-dealkylation sites (N-methyl/N-ethyl adjacent to an activating group) is 1. The topological polar surface area (TPSA) is 40.6 Å². The quantitative estimate of drug-likeness (QED) is 0.479. The van der Waals surface area contributed by atoms with Gasteiger partial charge in [0, 0.05) is 24.5 Å². The fraction of sp³-hybridized carbons (Fsp3) is 0.286. The number of allylic oxidation sites excluding steroid dienone is 1. The molecule has 1 aromatic heterocycles. The summed E-state index contributed by atoms with van der Waals surface area (Å²) in [5.74, 6) is 0.786. The monoisotopic (exact) mass is 470 g/mol. The first kappa shape index (κ1) is 22.4. The van der Waals surface area contributed by atoms with E-state index in [1.165, 1.54) is 22.4 Å². The van der Waals surface area contributed by atoms with Crippen LogP contribution in [0.25, 0.3) is 5.57 Å². The highest BCUT2D eigenvalue weighted by Crippen LogP contribution is 2.46. The minimum absolute atomic E-state index is 0.0327. The van der Waals surface area contributed by atoms with Crippen molar-refractivity contribution in [2.24, 2.45) is 0 Å². The lowest BCUT2D eigenvalue weighted by atomic mass is 9.86. The predicted octanol–water partition coefficient (Wildman–Crippen LogP) is 5.90. The molecule has 0 amide bonds. The molecule has 0 bridgehead atoms. The summed E-state index contributed by atoms with van der Waals surface area (Å²) in [7, 11) is 3.85. The first-order chi connectivity index (χ1) is 16.3. The minimum atomic E-state index is -0.0984. The summed E-state index contributed by atoms with van der Waals surface area (Å²) in [6, 6.07) is 20.6. The van der Waals surface area contributed by atoms with Gasteiger partial charge in [0.1, 0.15) is 5.75 Å². The van der Waals surface area contributed by atoms with Crippen LogP contribution in [0, 0.1) is 0 Å². The Morgan fingerprint density at radius 2 is 1.79 bits per heavy atom. The van der Waals surface area contributed by atoms with Gasteiger partial charge in [-0.2, -0.15) is 0 Å². The number of ether oxygens (including phenoxy) is 1. The van der Waals surface area contributed by atoms with Crippen LogP contribution in [0.4, 0.5) is 11.4 Å². The zero-order chi connectivity index (χ0) is 24.0. The number of hydrogen-bond acceptors (Lipinski definition) is 4. The molecule has 0 spiro atoms. The van der Waals surface area contributed by atoms with Crippen LogP contribution in [0.2, 0.25) is 0 Å². The molecule has 1 N–H and O–H groups in total. The number of anilines is 2. The maximum Gasteiger partial charge on any atom is 0.174 e. The third-order valence-electron chi connectivity index (χ3n) is 7.03. The average molecular weight is 471 g/mol. The Hall–Kier alpha value is -3.38. The number of nitrogens with zero attached hydrogens (tertiary/aromatic N) is 3. The largest absolute Gasteiger partial charge is 0.495 e. The summed E-state index contributed by atoms with van der Waals surface area (Å²) in [4.78, 5) is 9.19. The van der Waals surface area contributed by atoms with E-state index in [-0.39, 0.29) is 17.6 Å². The highest BCUT2D eigenvalue weighted by atomic mass is 32.1. The number of fused-ring (bicyclic) bond motifs is 1. The summed E-state index contributed by atoms with van der Waals surface area (Å²) in [5, 5.41) is 4.21. The fourth-order valence-electron chi connectivity index (χ4n) is 5.14. The van der Waals surface area contributed by atoms with Gasteiger partial charge in [-0.25, -0.2) is 0 Å². The molecule has 5 nitrogen and oxygen atoms in total. The molecule has 1 saturated heterocycles. The van der Waals surface area contributed by atoms with Crippen LogP contribution in [0.1, 0.15) is 49.7 Å². The first-order valence-electron chi connectivity index (χ1n) is 11.5. The standard InChI is InChI=1S/C28H30N4OS/c1-18-17-28(2,3)31(4)22-14-13-19(16-20(18)22)26-25(21-10-8-9-15-29-21)30-27(34)32(26)23-11-6-7-12-24(23)33-5/h6-17,25-26H,1-5H3,(H,30,34)/t25-,26-/m1/s1. The normalized spacial score (nSPS) is 21.1. The van der Waals surface area contributed by atoms with Crippen LogP contribution < -0.4 is 19.9 Å². The molecule has 0 saturated carbocycles. The lowest BCUT2D eigenvalue weighted by Gasteiger charge is -2.41. The number of para-hydroxylation sites is 2. The van der Waals surface area contributed by atoms with Gasteiger partial charge in [0.05, 0.1) is 36.1 Å². The molecular weight excluding hydrogens is 440 g/mol. The van der Waals surface area contributed by atoms with Crippen LogP contribution >= 0.6 is 12.2 Å². The highest BCUT2D eigenvalue weighted by Gasteiger charge is 2.42. The van der Waals surface area contributed by atoms with Gasteiger partial charge in [-0.05, 0) is 80.5 Å². The van der Waals surface area contributed by atoms with Crippen molar-refractivity contribution >= 4 is 34.3 Å². The van der Waals surface area contributed by atoms with Crippen molar-refractivity contribution in [3.8, 4) is 5.75 Å². The molecule has 2 aromatic carbocycles. The number of aromatic nitrogens is 1. The average Bonchev–Trinajstić information content (AvgIpc) is 3.19. The summed E-state index contributed by atoms with van der Waals surface area (Å²) in [6.45, 7) is 6.68. The molecule has 0 radical (unpaired) electrons. The number of nitrogens with one attached hydrogen (secondary N) is 1. The van der Waals surface area contributed by atoms with Gasteiger partial charge in [0.2, 0.25) is 0 Å². The number of thiocarbonyl (C=S) groups is 1. The van der Waals surface area contributed by atoms with Crippen molar-refractivity contribution in [2.45, 2.75) is 38.4 Å². The second kappa shape index (κ2) is 8.44. The molecule has 3 heterocycles. The van der Waals surface area contributed by atoms with Crippen molar-refractivity contribution in [2.75, 3.05) is 24.0 Å². The van der Waals surface area contributed by atoms with Crippen LogP contribution in [0.15, 0.2) is 72.9 Å². The molecular formula is C28H30N4OS. The Morgan fingerprint density at radius 1 is 1.03 bits per heavy atom. The second-order valence-electron chi connectivity index (χ2n) is 9.49. The predicted molar refractivity (Wildman–Crippen MR) is 144 cm³/mol. The Balaban J connectivity index is 1.68. The SMILES string of the molecule is COc1ccccc1N1C(=S)N[C@H](c2ccccn2)[C@H]1c1ccc2c(c1)C(C)=CC(C)(C)N2C. The Morgan fingerprint density at radius 3 is 2.53 bits per heavy atom. The fourth-order valence-corrected chi connectivity index (χ4v) is 5.48. The Kier molecular flexibility index (Phi) is 5.56. The van der Waals surface area contributed by atoms with Crippen LogP contribution in [0.3, 0.4) is 0 Å². The number of hydrogen-bond donors (Lipinski definition) is 1. The van der Waals surface area contributed by atoms with E-state index in [0.717, 1.165) is 17.1 Å². The lowest BCUT2D eigenvalue weighted by molar-refractivity contribution is 0.414. The van der Waals surface area contributed by atoms with E-state index >= 15 is 0 Å². The molecule has 0 aliphatic carbocycles. The lowest BCUT2D eigenvalue weighted by Crippen LogP contribution is -2.42. The maximum atomic E-state index is 5.89. The van der Waals surface area contributed by atoms with Gasteiger partial charge >= 0.3 is 0 Å². The molecule has 3 aromatic rings. The molecule has 34 heavy (non-hydrogen) atoms. The van der Waals surface area contributed by atoms with E-state index < -0.39 is 0 Å². The van der Waals surface area contributed by atoms with E-state index in [4.69, 9.17) is 17.0 Å². The third kappa shape index (κ3) is 3.62. The van der Waals surface area contributed by atoms with Crippen LogP contribution in [0.5, 0.6) is 5.75 Å². The van der Waals surface area contributed by atoms with E-state index in [0.29, 0.717) is 5.11 Å². The Bertz CT molecular complexity index is 1270. The van der Waals surface area contributed by atoms with Crippen molar-refractivity contribution < 1.29 is 4.74 Å². The molecule has 2 aliphatic rings. The first-order valence-corrected chi connectivity index (χ1v) is 11.9. The van der Waals surface area contributed by atoms with Gasteiger partial charge in [-0.15, -0.1) is 0 Å². The maximum absolute atomic E-state index is 5.89. The van der Waals surface area contributed by atoms with Gasteiger partial charge < -0.3 is 19.9 Å². The van der Waals surface area contributed by atoms with Crippen LogP contribution in [-0.2, 0) is 0 Å².